The molecule has 18 nitrogen and oxygen atoms in total. The Morgan fingerprint density at radius 2 is 1.40 bits per heavy atom. The van der Waals surface area contributed by atoms with E-state index in [4.69, 9.17) is 14.8 Å². The van der Waals surface area contributed by atoms with Crippen molar-refractivity contribution < 1.29 is 57.9 Å². The molecule has 1 aromatic heterocycles. The molecule has 8 N–H and O–H groups in total. The van der Waals surface area contributed by atoms with E-state index in [1.807, 2.05) is 12.1 Å². The minimum Gasteiger partial charge on any atom is -0.469 e. The van der Waals surface area contributed by atoms with E-state index < -0.39 is 65.3 Å². The molecule has 2 fully saturated rings. The summed E-state index contributed by atoms with van der Waals surface area (Å²) >= 11 is 0. The molecule has 0 unspecified atom stereocenters. The summed E-state index contributed by atoms with van der Waals surface area (Å²) < 4.78 is 34.3. The molecule has 3 amide bonds. The van der Waals surface area contributed by atoms with Gasteiger partial charge in [-0.1, -0.05) is 37.3 Å². The van der Waals surface area contributed by atoms with Gasteiger partial charge in [0.05, 0.1) is 36.3 Å². The van der Waals surface area contributed by atoms with Gasteiger partial charge in [0.15, 0.2) is 5.69 Å². The lowest BCUT2D eigenvalue weighted by molar-refractivity contribution is -0.146. The first-order chi connectivity index (χ1) is 32.6. The van der Waals surface area contributed by atoms with Crippen LogP contribution >= 0.6 is 0 Å². The molecule has 0 spiro atoms. The van der Waals surface area contributed by atoms with Gasteiger partial charge in [-0.2, -0.15) is 4.31 Å². The molecule has 0 bridgehead atoms. The molecule has 4 atom stereocenters. The smallest absolute Gasteiger partial charge is 0.308 e. The number of pyridine rings is 1. The number of nitrogens with one attached hydrogen (secondary N) is 3. The van der Waals surface area contributed by atoms with Crippen molar-refractivity contribution in [3.05, 3.63) is 113 Å². The minimum absolute atomic E-state index is 0.0171. The van der Waals surface area contributed by atoms with Gasteiger partial charge in [0.1, 0.15) is 24.1 Å². The third-order valence-electron chi connectivity index (χ3n) is 12.6. The maximum Gasteiger partial charge on any atom is 0.308 e. The van der Waals surface area contributed by atoms with Gasteiger partial charge in [-0.15, -0.1) is 0 Å². The van der Waals surface area contributed by atoms with E-state index in [2.05, 4.69) is 20.9 Å². The van der Waals surface area contributed by atoms with E-state index in [0.29, 0.717) is 55.6 Å². The third kappa shape index (κ3) is 13.0. The number of aromatic nitrogens is 1. The molecule has 0 radical (unpaired) electrons. The highest BCUT2D eigenvalue weighted by Crippen LogP contribution is 2.32. The molecular weight excluding hydrogens is 897 g/mol. The van der Waals surface area contributed by atoms with Crippen LogP contribution in [0.25, 0.3) is 0 Å². The standard InChI is InChI=1S/C49H62N6O12S/c1-3-55(37-22-18-34(19-23-37)49(64)67-2)68(65,66)38-9-7-8-35(28-38)47(62)52-39-24-25-42(54-26-5-4-6-27-54)53-43(39)48(63)51-36-20-14-32(15-21-36)11-10-31-12-16-33(17-13-31)46(61)50-29-40(57)44(59)45(60)41(58)30-56/h7-9,12-17,20-21,24-25,28,34,37,40-41,44-45,56-60H,3-6,10-11,18-19,22-23,26-27,29-30H2,1-2H3,(H,50,61)(H,51,63)(H,52,62)/t34?,37?,40-,41+,44+,45+/m0/s1. The highest BCUT2D eigenvalue weighted by Gasteiger charge is 2.36. The summed E-state index contributed by atoms with van der Waals surface area (Å²) in [7, 11) is -2.67. The largest absolute Gasteiger partial charge is 0.469 e. The Morgan fingerprint density at radius 1 is 0.765 bits per heavy atom. The number of rotatable bonds is 20. The molecule has 1 aliphatic heterocycles. The number of aryl methyl sites for hydroxylation is 2. The van der Waals surface area contributed by atoms with Crippen molar-refractivity contribution in [1.82, 2.24) is 14.6 Å². The van der Waals surface area contributed by atoms with Crippen LogP contribution in [-0.4, -0.2) is 137 Å². The van der Waals surface area contributed by atoms with Crippen molar-refractivity contribution in [2.75, 3.05) is 55.4 Å². The Balaban J connectivity index is 1.09. The van der Waals surface area contributed by atoms with Gasteiger partial charge in [0.25, 0.3) is 17.7 Å². The summed E-state index contributed by atoms with van der Waals surface area (Å²) in [4.78, 5) is 59.4. The number of aliphatic hydroxyl groups is 5. The second-order valence-electron chi connectivity index (χ2n) is 17.2. The molecule has 1 saturated heterocycles. The number of benzene rings is 3. The Kier molecular flexibility index (Phi) is 18.2. The number of anilines is 3. The van der Waals surface area contributed by atoms with Gasteiger partial charge in [-0.05, 0) is 124 Å². The number of nitrogens with zero attached hydrogens (tertiary/aromatic N) is 3. The molecule has 366 valence electrons. The van der Waals surface area contributed by atoms with Gasteiger partial charge in [0, 0.05) is 49.0 Å². The zero-order valence-corrected chi connectivity index (χ0v) is 39.1. The topological polar surface area (TPSA) is 268 Å². The normalized spacial score (nSPS) is 18.2. The number of piperidine rings is 1. The quantitative estimate of drug-likeness (QED) is 0.0592. The minimum atomic E-state index is -4.02. The lowest BCUT2D eigenvalue weighted by Gasteiger charge is -2.34. The molecular formula is C49H62N6O12S. The first-order valence-electron chi connectivity index (χ1n) is 23.0. The van der Waals surface area contributed by atoms with E-state index in [-0.39, 0.29) is 46.3 Å². The Bertz CT molecular complexity index is 2460. The highest BCUT2D eigenvalue weighted by atomic mass is 32.2. The van der Waals surface area contributed by atoms with Gasteiger partial charge in [-0.3, -0.25) is 19.2 Å². The van der Waals surface area contributed by atoms with Gasteiger partial charge in [0.2, 0.25) is 10.0 Å². The highest BCUT2D eigenvalue weighted by molar-refractivity contribution is 7.89. The molecule has 3 aromatic carbocycles. The molecule has 1 saturated carbocycles. The molecule has 4 aromatic rings. The predicted molar refractivity (Wildman–Crippen MR) is 254 cm³/mol. The number of carbonyl (C=O) groups is 4. The fourth-order valence-corrected chi connectivity index (χ4v) is 10.3. The summed E-state index contributed by atoms with van der Waals surface area (Å²) in [6.45, 7) is 2.30. The lowest BCUT2D eigenvalue weighted by Crippen LogP contribution is -2.49. The zero-order valence-electron chi connectivity index (χ0n) is 38.3. The number of aliphatic hydroxyl groups excluding tert-OH is 5. The van der Waals surface area contributed by atoms with Crippen LogP contribution in [-0.2, 0) is 32.4 Å². The molecule has 6 rings (SSSR count). The summed E-state index contributed by atoms with van der Waals surface area (Å²) in [5, 5.41) is 56.5. The number of carbonyl (C=O) groups excluding carboxylic acids is 4. The number of amides is 3. The molecule has 19 heteroatoms. The summed E-state index contributed by atoms with van der Waals surface area (Å²) in [6.07, 6.45) is -0.470. The number of esters is 1. The van der Waals surface area contributed by atoms with Gasteiger partial charge >= 0.3 is 5.97 Å². The van der Waals surface area contributed by atoms with Crippen LogP contribution in [0.4, 0.5) is 17.2 Å². The number of hydrogen-bond acceptors (Lipinski definition) is 14. The summed E-state index contributed by atoms with van der Waals surface area (Å²) in [6, 6.07) is 23.0. The monoisotopic (exact) mass is 958 g/mol. The van der Waals surface area contributed by atoms with Crippen LogP contribution in [0.3, 0.4) is 0 Å². The average molecular weight is 959 g/mol. The van der Waals surface area contributed by atoms with Crippen LogP contribution in [0.1, 0.15) is 94.2 Å². The number of sulfonamides is 1. The van der Waals surface area contributed by atoms with Crippen LogP contribution in [0.15, 0.2) is 89.8 Å². The Labute approximate surface area is 396 Å². The molecule has 1 aliphatic carbocycles. The van der Waals surface area contributed by atoms with E-state index in [1.165, 1.54) is 35.7 Å². The molecule has 2 aliphatic rings. The average Bonchev–Trinajstić information content (AvgIpc) is 3.37. The van der Waals surface area contributed by atoms with Gasteiger partial charge < -0.3 is 51.1 Å². The van der Waals surface area contributed by atoms with E-state index in [9.17, 15) is 48.0 Å². The lowest BCUT2D eigenvalue weighted by atomic mass is 9.86. The van der Waals surface area contributed by atoms with E-state index in [1.54, 1.807) is 55.5 Å². The second-order valence-corrected chi connectivity index (χ2v) is 19.1. The SMILES string of the molecule is CCN(C1CCC(C(=O)OC)CC1)S(=O)(=O)c1cccc(C(=O)Nc2ccc(N3CCCCC3)nc2C(=O)Nc2ccc(CCc3ccc(C(=O)NC[C@H](O)[C@@H](O)[C@H](O)[C@H](O)CO)cc3)cc2)c1. The fraction of sp³-hybridized carbons (Fsp3) is 0.449. The first-order valence-corrected chi connectivity index (χ1v) is 24.4. The first kappa shape index (κ1) is 51.6. The second kappa shape index (κ2) is 24.0. The van der Waals surface area contributed by atoms with Gasteiger partial charge in [-0.25, -0.2) is 13.4 Å². The van der Waals surface area contributed by atoms with Crippen molar-refractivity contribution in [2.24, 2.45) is 5.92 Å². The Morgan fingerprint density at radius 3 is 2.01 bits per heavy atom. The maximum atomic E-state index is 14.0. The molecule has 68 heavy (non-hydrogen) atoms. The van der Waals surface area contributed by atoms with Crippen molar-refractivity contribution in [1.29, 1.82) is 0 Å². The van der Waals surface area contributed by atoms with Crippen LogP contribution < -0.4 is 20.9 Å². The van der Waals surface area contributed by atoms with Crippen molar-refractivity contribution in [3.8, 4) is 0 Å². The third-order valence-corrected chi connectivity index (χ3v) is 14.6. The van der Waals surface area contributed by atoms with E-state index >= 15 is 0 Å². The maximum absolute atomic E-state index is 14.0. The number of ether oxygens (including phenoxy) is 1. The fourth-order valence-electron chi connectivity index (χ4n) is 8.58. The predicted octanol–water partition coefficient (Wildman–Crippen LogP) is 3.27. The number of methoxy groups -OCH3 is 1. The zero-order chi connectivity index (χ0) is 49.0. The van der Waals surface area contributed by atoms with Crippen molar-refractivity contribution in [3.63, 3.8) is 0 Å². The van der Waals surface area contributed by atoms with Crippen molar-refractivity contribution >= 4 is 50.9 Å². The van der Waals surface area contributed by atoms with E-state index in [0.717, 1.165) is 43.5 Å². The summed E-state index contributed by atoms with van der Waals surface area (Å²) in [5.41, 5.74) is 2.91. The summed E-state index contributed by atoms with van der Waals surface area (Å²) in [5.74, 6) is -1.67. The van der Waals surface area contributed by atoms with Crippen LogP contribution in [0.5, 0.6) is 0 Å². The van der Waals surface area contributed by atoms with Crippen molar-refractivity contribution in [2.45, 2.75) is 100 Å². The Hall–Kier alpha value is -5.80. The van der Waals surface area contributed by atoms with Crippen LogP contribution in [0.2, 0.25) is 0 Å². The molecule has 2 heterocycles. The van der Waals surface area contributed by atoms with Crippen LogP contribution in [0, 0.1) is 5.92 Å². The number of hydrogen-bond donors (Lipinski definition) is 8.